The number of nitrogens with zero attached hydrogens (tertiary/aromatic N) is 3. The number of rotatable bonds is 3. The molecule has 0 spiro atoms. The first-order valence-electron chi connectivity index (χ1n) is 7.21. The van der Waals surface area contributed by atoms with Crippen LogP contribution in [0, 0.1) is 0 Å². The van der Waals surface area contributed by atoms with E-state index in [0.717, 1.165) is 0 Å². The van der Waals surface area contributed by atoms with Gasteiger partial charge in [0.1, 0.15) is 11.9 Å². The van der Waals surface area contributed by atoms with E-state index in [1.807, 2.05) is 6.07 Å². The topological polar surface area (TPSA) is 95.3 Å². The van der Waals surface area contributed by atoms with Gasteiger partial charge >= 0.3 is 0 Å². The van der Waals surface area contributed by atoms with E-state index in [1.165, 1.54) is 6.92 Å². The standard InChI is InChI=1S/C17H15N3O3/c1-11(21)17(19-20-18)15(22)13-9-5-6-10-14(13)23-16(17)12-7-3-2-4-8-12/h2-11,16,21H,1H3. The van der Waals surface area contributed by atoms with Crippen LogP contribution in [-0.2, 0) is 0 Å². The molecule has 0 radical (unpaired) electrons. The highest BCUT2D eigenvalue weighted by atomic mass is 16.5. The van der Waals surface area contributed by atoms with Crippen molar-refractivity contribution >= 4 is 5.78 Å². The highest BCUT2D eigenvalue weighted by Crippen LogP contribution is 2.45. The number of hydrogen-bond acceptors (Lipinski definition) is 4. The lowest BCUT2D eigenvalue weighted by Crippen LogP contribution is -2.55. The van der Waals surface area contributed by atoms with Gasteiger partial charge in [0, 0.05) is 4.91 Å². The third-order valence-corrected chi connectivity index (χ3v) is 4.09. The first-order chi connectivity index (χ1) is 11.1. The largest absolute Gasteiger partial charge is 0.484 e. The second-order valence-electron chi connectivity index (χ2n) is 5.42. The summed E-state index contributed by atoms with van der Waals surface area (Å²) in [6, 6.07) is 15.7. The molecular formula is C17H15N3O3. The second kappa shape index (κ2) is 5.76. The fourth-order valence-corrected chi connectivity index (χ4v) is 2.92. The quantitative estimate of drug-likeness (QED) is 0.534. The van der Waals surface area contributed by atoms with Gasteiger partial charge in [-0.05, 0) is 30.2 Å². The molecule has 6 heteroatoms. The van der Waals surface area contributed by atoms with Crippen molar-refractivity contribution in [1.29, 1.82) is 0 Å². The van der Waals surface area contributed by atoms with Crippen LogP contribution in [0.4, 0.5) is 0 Å². The molecule has 3 rings (SSSR count). The minimum atomic E-state index is -1.75. The second-order valence-corrected chi connectivity index (χ2v) is 5.42. The van der Waals surface area contributed by atoms with Crippen molar-refractivity contribution in [3.8, 4) is 5.75 Å². The summed E-state index contributed by atoms with van der Waals surface area (Å²) in [6.07, 6.45) is -2.12. The predicted molar refractivity (Wildman–Crippen MR) is 84.1 cm³/mol. The smallest absolute Gasteiger partial charge is 0.185 e. The Hall–Kier alpha value is -2.82. The number of carbonyl (C=O) groups is 1. The first-order valence-corrected chi connectivity index (χ1v) is 7.21. The summed E-state index contributed by atoms with van der Waals surface area (Å²) >= 11 is 0. The number of fused-ring (bicyclic) bond motifs is 1. The molecule has 2 aromatic carbocycles. The van der Waals surface area contributed by atoms with Crippen LogP contribution in [0.15, 0.2) is 59.7 Å². The van der Waals surface area contributed by atoms with Crippen molar-refractivity contribution in [1.82, 2.24) is 0 Å². The zero-order valence-electron chi connectivity index (χ0n) is 12.5. The molecule has 3 unspecified atom stereocenters. The predicted octanol–water partition coefficient (Wildman–Crippen LogP) is 3.43. The Morgan fingerprint density at radius 3 is 2.52 bits per heavy atom. The maximum Gasteiger partial charge on any atom is 0.185 e. The molecule has 0 bridgehead atoms. The van der Waals surface area contributed by atoms with Gasteiger partial charge in [-0.15, -0.1) is 0 Å². The molecule has 2 aromatic rings. The summed E-state index contributed by atoms with van der Waals surface area (Å²) in [4.78, 5) is 15.9. The SMILES string of the molecule is CC(O)C1(N=[N+]=[N-])C(=O)c2ccccc2OC1c1ccccc1. The summed E-state index contributed by atoms with van der Waals surface area (Å²) in [7, 11) is 0. The Kier molecular flexibility index (Phi) is 3.78. The number of aliphatic hydroxyl groups is 1. The number of ether oxygens (including phenoxy) is 1. The van der Waals surface area contributed by atoms with Crippen molar-refractivity contribution in [3.63, 3.8) is 0 Å². The highest BCUT2D eigenvalue weighted by molar-refractivity contribution is 6.07. The number of para-hydroxylation sites is 1. The number of hydrogen-bond donors (Lipinski definition) is 1. The zero-order chi connectivity index (χ0) is 16.4. The summed E-state index contributed by atoms with van der Waals surface area (Å²) in [5.41, 5.74) is 8.21. The first kappa shape index (κ1) is 15.1. The minimum Gasteiger partial charge on any atom is -0.484 e. The van der Waals surface area contributed by atoms with E-state index in [4.69, 9.17) is 10.3 Å². The molecule has 0 aromatic heterocycles. The lowest BCUT2D eigenvalue weighted by molar-refractivity contribution is 0.00646. The van der Waals surface area contributed by atoms with Gasteiger partial charge < -0.3 is 9.84 Å². The van der Waals surface area contributed by atoms with Gasteiger partial charge in [-0.1, -0.05) is 47.6 Å². The average molecular weight is 309 g/mol. The molecule has 1 aliphatic rings. The lowest BCUT2D eigenvalue weighted by Gasteiger charge is -2.41. The van der Waals surface area contributed by atoms with Gasteiger partial charge in [-0.3, -0.25) is 4.79 Å². The number of carbonyl (C=O) groups excluding carboxylic acids is 1. The van der Waals surface area contributed by atoms with Gasteiger partial charge in [-0.2, -0.15) is 0 Å². The summed E-state index contributed by atoms with van der Waals surface area (Å²) in [6.45, 7) is 1.43. The summed E-state index contributed by atoms with van der Waals surface area (Å²) in [5, 5.41) is 14.0. The van der Waals surface area contributed by atoms with Crippen LogP contribution in [0.1, 0.15) is 28.9 Å². The molecule has 1 N–H and O–H groups in total. The van der Waals surface area contributed by atoms with Crippen LogP contribution >= 0.6 is 0 Å². The van der Waals surface area contributed by atoms with Gasteiger partial charge in [0.15, 0.2) is 11.3 Å². The lowest BCUT2D eigenvalue weighted by atomic mass is 9.76. The van der Waals surface area contributed by atoms with Crippen LogP contribution in [0.25, 0.3) is 10.4 Å². The number of azide groups is 1. The normalized spacial score (nSPS) is 24.1. The van der Waals surface area contributed by atoms with Gasteiger partial charge in [-0.25, -0.2) is 0 Å². The van der Waals surface area contributed by atoms with Crippen LogP contribution in [-0.4, -0.2) is 22.5 Å². The van der Waals surface area contributed by atoms with Crippen LogP contribution < -0.4 is 4.74 Å². The molecule has 0 amide bonds. The number of benzene rings is 2. The molecule has 116 valence electrons. The molecule has 0 saturated carbocycles. The molecule has 0 saturated heterocycles. The number of Topliss-reactive ketones (excluding diaryl/α,β-unsaturated/α-hetero) is 1. The molecule has 0 aliphatic carbocycles. The minimum absolute atomic E-state index is 0.299. The molecular weight excluding hydrogens is 294 g/mol. The van der Waals surface area contributed by atoms with Crippen LogP contribution in [0.2, 0.25) is 0 Å². The molecule has 6 nitrogen and oxygen atoms in total. The van der Waals surface area contributed by atoms with Crippen molar-refractivity contribution in [2.24, 2.45) is 5.11 Å². The molecule has 0 fully saturated rings. The fraction of sp³-hybridized carbons (Fsp3) is 0.235. The molecule has 23 heavy (non-hydrogen) atoms. The third kappa shape index (κ3) is 2.25. The van der Waals surface area contributed by atoms with E-state index >= 15 is 0 Å². The summed E-state index contributed by atoms with van der Waals surface area (Å²) in [5.74, 6) is -0.0308. The third-order valence-electron chi connectivity index (χ3n) is 4.09. The Balaban J connectivity index is 2.27. The molecule has 1 heterocycles. The Morgan fingerprint density at radius 1 is 1.22 bits per heavy atom. The van der Waals surface area contributed by atoms with E-state index in [-0.39, 0.29) is 0 Å². The monoisotopic (exact) mass is 309 g/mol. The van der Waals surface area contributed by atoms with Crippen LogP contribution in [0.3, 0.4) is 0 Å². The number of aliphatic hydroxyl groups excluding tert-OH is 1. The van der Waals surface area contributed by atoms with Crippen molar-refractivity contribution < 1.29 is 14.6 Å². The maximum atomic E-state index is 13.0. The van der Waals surface area contributed by atoms with E-state index in [1.54, 1.807) is 48.5 Å². The molecule has 3 atom stereocenters. The van der Waals surface area contributed by atoms with Crippen molar-refractivity contribution in [2.75, 3.05) is 0 Å². The summed E-state index contributed by atoms with van der Waals surface area (Å²) < 4.78 is 5.97. The Labute approximate surface area is 133 Å². The van der Waals surface area contributed by atoms with Gasteiger partial charge in [0.05, 0.1) is 11.7 Å². The van der Waals surface area contributed by atoms with E-state index in [0.29, 0.717) is 16.9 Å². The van der Waals surface area contributed by atoms with E-state index in [9.17, 15) is 9.90 Å². The van der Waals surface area contributed by atoms with E-state index < -0.39 is 23.5 Å². The number of ketones is 1. The maximum absolute atomic E-state index is 13.0. The van der Waals surface area contributed by atoms with Crippen LogP contribution in [0.5, 0.6) is 5.75 Å². The fourth-order valence-electron chi connectivity index (χ4n) is 2.92. The zero-order valence-corrected chi connectivity index (χ0v) is 12.5. The highest BCUT2D eigenvalue weighted by Gasteiger charge is 2.55. The molecule has 1 aliphatic heterocycles. The Morgan fingerprint density at radius 2 is 1.87 bits per heavy atom. The van der Waals surface area contributed by atoms with Crippen molar-refractivity contribution in [3.05, 3.63) is 76.2 Å². The Bertz CT molecular complexity index is 785. The van der Waals surface area contributed by atoms with Gasteiger partial charge in [0.25, 0.3) is 0 Å². The van der Waals surface area contributed by atoms with Gasteiger partial charge in [0.2, 0.25) is 0 Å². The van der Waals surface area contributed by atoms with Crippen molar-refractivity contribution in [2.45, 2.75) is 24.7 Å². The van der Waals surface area contributed by atoms with E-state index in [2.05, 4.69) is 10.0 Å². The average Bonchev–Trinajstić information content (AvgIpc) is 2.58.